The third-order valence-corrected chi connectivity index (χ3v) is 2.83. The Morgan fingerprint density at radius 1 is 1.19 bits per heavy atom. The summed E-state index contributed by atoms with van der Waals surface area (Å²) in [5.41, 5.74) is 1.78. The van der Waals surface area contributed by atoms with Gasteiger partial charge in [0, 0.05) is 18.9 Å². The average molecular weight is 285 g/mol. The number of pyridine rings is 1. The molecule has 0 spiro atoms. The highest BCUT2D eigenvalue weighted by atomic mass is 16.5. The summed E-state index contributed by atoms with van der Waals surface area (Å²) in [5.74, 6) is 0.582. The van der Waals surface area contributed by atoms with Crippen LogP contribution in [0.4, 0.5) is 5.69 Å². The lowest BCUT2D eigenvalue weighted by atomic mass is 10.2. The van der Waals surface area contributed by atoms with Gasteiger partial charge in [-0.1, -0.05) is 12.1 Å². The Morgan fingerprint density at radius 2 is 1.95 bits per heavy atom. The van der Waals surface area contributed by atoms with E-state index in [2.05, 4.69) is 15.6 Å². The van der Waals surface area contributed by atoms with Crippen LogP contribution in [0.1, 0.15) is 12.5 Å². The summed E-state index contributed by atoms with van der Waals surface area (Å²) in [6.45, 7) is 3.34. The summed E-state index contributed by atoms with van der Waals surface area (Å²) < 4.78 is 5.47. The van der Waals surface area contributed by atoms with Crippen molar-refractivity contribution < 1.29 is 9.53 Å². The Labute approximate surface area is 124 Å². The lowest BCUT2D eigenvalue weighted by molar-refractivity contribution is -0.115. The second kappa shape index (κ2) is 8.01. The smallest absolute Gasteiger partial charge is 0.238 e. The van der Waals surface area contributed by atoms with Crippen molar-refractivity contribution in [2.45, 2.75) is 13.5 Å². The highest BCUT2D eigenvalue weighted by molar-refractivity contribution is 5.93. The van der Waals surface area contributed by atoms with E-state index in [1.807, 2.05) is 43.3 Å². The standard InChI is InChI=1S/C16H19N3O2/c1-2-21-15-6-4-3-5-14(15)19-16(20)12-18-11-13-7-9-17-10-8-13/h3-10,18H,2,11-12H2,1H3,(H,19,20). The molecule has 0 saturated carbocycles. The van der Waals surface area contributed by atoms with Gasteiger partial charge in [0.1, 0.15) is 5.75 Å². The van der Waals surface area contributed by atoms with Crippen LogP contribution < -0.4 is 15.4 Å². The normalized spacial score (nSPS) is 10.1. The molecule has 0 atom stereocenters. The second-order valence-corrected chi connectivity index (χ2v) is 4.44. The van der Waals surface area contributed by atoms with Gasteiger partial charge in [-0.2, -0.15) is 0 Å². The molecule has 21 heavy (non-hydrogen) atoms. The number of ether oxygens (including phenoxy) is 1. The summed E-state index contributed by atoms with van der Waals surface area (Å²) in [7, 11) is 0. The molecule has 5 nitrogen and oxygen atoms in total. The van der Waals surface area contributed by atoms with E-state index < -0.39 is 0 Å². The fraction of sp³-hybridized carbons (Fsp3) is 0.250. The number of benzene rings is 1. The Morgan fingerprint density at radius 3 is 2.71 bits per heavy atom. The summed E-state index contributed by atoms with van der Waals surface area (Å²) >= 11 is 0. The third kappa shape index (κ3) is 4.89. The molecule has 0 aliphatic rings. The molecule has 0 saturated heterocycles. The van der Waals surface area contributed by atoms with Gasteiger partial charge in [0.2, 0.25) is 5.91 Å². The number of para-hydroxylation sites is 2. The van der Waals surface area contributed by atoms with E-state index in [9.17, 15) is 4.79 Å². The number of carbonyl (C=O) groups is 1. The highest BCUT2D eigenvalue weighted by Gasteiger charge is 2.06. The number of hydrogen-bond acceptors (Lipinski definition) is 4. The van der Waals surface area contributed by atoms with Gasteiger partial charge in [-0.15, -0.1) is 0 Å². The van der Waals surface area contributed by atoms with E-state index in [1.165, 1.54) is 0 Å². The van der Waals surface area contributed by atoms with Crippen LogP contribution in [0.5, 0.6) is 5.75 Å². The van der Waals surface area contributed by atoms with Crippen LogP contribution in [0.3, 0.4) is 0 Å². The average Bonchev–Trinajstić information content (AvgIpc) is 2.50. The zero-order valence-electron chi connectivity index (χ0n) is 12.0. The number of hydrogen-bond donors (Lipinski definition) is 2. The monoisotopic (exact) mass is 285 g/mol. The predicted octanol–water partition coefficient (Wildman–Crippen LogP) is 2.21. The molecule has 1 heterocycles. The Hall–Kier alpha value is -2.40. The third-order valence-electron chi connectivity index (χ3n) is 2.83. The molecule has 0 unspecified atom stereocenters. The fourth-order valence-electron chi connectivity index (χ4n) is 1.87. The van der Waals surface area contributed by atoms with Gasteiger partial charge in [0.25, 0.3) is 0 Å². The van der Waals surface area contributed by atoms with Gasteiger partial charge in [0.15, 0.2) is 0 Å². The molecule has 0 aliphatic heterocycles. The molecule has 2 N–H and O–H groups in total. The molecule has 1 aromatic heterocycles. The van der Waals surface area contributed by atoms with Crippen LogP contribution in [0.2, 0.25) is 0 Å². The van der Waals surface area contributed by atoms with Gasteiger partial charge >= 0.3 is 0 Å². The number of anilines is 1. The van der Waals surface area contributed by atoms with E-state index in [0.29, 0.717) is 24.6 Å². The van der Waals surface area contributed by atoms with Crippen LogP contribution in [0.15, 0.2) is 48.8 Å². The summed E-state index contributed by atoms with van der Waals surface area (Å²) in [6.07, 6.45) is 3.46. The summed E-state index contributed by atoms with van der Waals surface area (Å²) in [4.78, 5) is 15.9. The van der Waals surface area contributed by atoms with Crippen LogP contribution in [-0.2, 0) is 11.3 Å². The van der Waals surface area contributed by atoms with Crippen molar-refractivity contribution in [3.05, 3.63) is 54.4 Å². The maximum Gasteiger partial charge on any atom is 0.238 e. The minimum atomic E-state index is -0.101. The molecule has 1 aromatic carbocycles. The van der Waals surface area contributed by atoms with Crippen molar-refractivity contribution in [3.63, 3.8) is 0 Å². The van der Waals surface area contributed by atoms with E-state index in [-0.39, 0.29) is 12.5 Å². The van der Waals surface area contributed by atoms with Gasteiger partial charge in [-0.3, -0.25) is 9.78 Å². The SMILES string of the molecule is CCOc1ccccc1NC(=O)CNCc1ccncc1. The summed E-state index contributed by atoms with van der Waals surface area (Å²) in [6, 6.07) is 11.2. The van der Waals surface area contributed by atoms with Gasteiger partial charge in [-0.25, -0.2) is 0 Å². The van der Waals surface area contributed by atoms with Crippen molar-refractivity contribution in [3.8, 4) is 5.75 Å². The highest BCUT2D eigenvalue weighted by Crippen LogP contribution is 2.23. The maximum absolute atomic E-state index is 11.9. The molecule has 110 valence electrons. The molecule has 0 fully saturated rings. The predicted molar refractivity (Wildman–Crippen MR) is 82.2 cm³/mol. The van der Waals surface area contributed by atoms with E-state index in [1.54, 1.807) is 12.4 Å². The van der Waals surface area contributed by atoms with E-state index >= 15 is 0 Å². The number of nitrogens with one attached hydrogen (secondary N) is 2. The molecule has 5 heteroatoms. The molecule has 0 aliphatic carbocycles. The minimum absolute atomic E-state index is 0.101. The van der Waals surface area contributed by atoms with Crippen LogP contribution in [0.25, 0.3) is 0 Å². The number of carbonyl (C=O) groups excluding carboxylic acids is 1. The van der Waals surface area contributed by atoms with Crippen molar-refractivity contribution in [2.24, 2.45) is 0 Å². The topological polar surface area (TPSA) is 63.2 Å². The molecule has 2 rings (SSSR count). The second-order valence-electron chi connectivity index (χ2n) is 4.44. The number of amides is 1. The van der Waals surface area contributed by atoms with Crippen LogP contribution in [-0.4, -0.2) is 24.0 Å². The van der Waals surface area contributed by atoms with E-state index in [4.69, 9.17) is 4.74 Å². The van der Waals surface area contributed by atoms with Crippen molar-refractivity contribution in [1.29, 1.82) is 0 Å². The molecule has 2 aromatic rings. The van der Waals surface area contributed by atoms with Crippen molar-refractivity contribution in [1.82, 2.24) is 10.3 Å². The first-order valence-electron chi connectivity index (χ1n) is 6.91. The largest absolute Gasteiger partial charge is 0.492 e. The van der Waals surface area contributed by atoms with Crippen molar-refractivity contribution in [2.75, 3.05) is 18.5 Å². The zero-order valence-corrected chi connectivity index (χ0v) is 12.0. The zero-order chi connectivity index (χ0) is 14.9. The van der Waals surface area contributed by atoms with E-state index in [0.717, 1.165) is 5.56 Å². The van der Waals surface area contributed by atoms with Gasteiger partial charge < -0.3 is 15.4 Å². The first kappa shape index (κ1) is 15.0. The summed E-state index contributed by atoms with van der Waals surface area (Å²) in [5, 5.41) is 5.94. The molecular weight excluding hydrogens is 266 g/mol. The molecule has 0 bridgehead atoms. The number of rotatable bonds is 7. The molecular formula is C16H19N3O2. The maximum atomic E-state index is 11.9. The Kier molecular flexibility index (Phi) is 5.72. The fourth-order valence-corrected chi connectivity index (χ4v) is 1.87. The lowest BCUT2D eigenvalue weighted by Crippen LogP contribution is -2.27. The van der Waals surface area contributed by atoms with Gasteiger partial charge in [0.05, 0.1) is 18.8 Å². The number of nitrogens with zero attached hydrogens (tertiary/aromatic N) is 1. The first-order valence-corrected chi connectivity index (χ1v) is 6.91. The minimum Gasteiger partial charge on any atom is -0.492 e. The Bertz CT molecular complexity index is 573. The Balaban J connectivity index is 1.82. The first-order chi connectivity index (χ1) is 10.3. The quantitative estimate of drug-likeness (QED) is 0.818. The number of aromatic nitrogens is 1. The van der Waals surface area contributed by atoms with Gasteiger partial charge in [-0.05, 0) is 36.8 Å². The van der Waals surface area contributed by atoms with Crippen LogP contribution in [0, 0.1) is 0 Å². The molecule has 1 amide bonds. The van der Waals surface area contributed by atoms with Crippen LogP contribution >= 0.6 is 0 Å². The lowest BCUT2D eigenvalue weighted by Gasteiger charge is -2.11. The van der Waals surface area contributed by atoms with Crippen molar-refractivity contribution >= 4 is 11.6 Å². The molecule has 0 radical (unpaired) electrons.